The Morgan fingerprint density at radius 3 is 2.29 bits per heavy atom. The van der Waals surface area contributed by atoms with E-state index < -0.39 is 0 Å². The number of thiazole rings is 1. The van der Waals surface area contributed by atoms with Gasteiger partial charge in [-0.15, -0.1) is 0 Å². The number of anilines is 1. The standard InChI is InChI=1S/C22H14BrClN2OS/c23-18-9-5-4-8-17(18)21(27)26-22-25-19(14-10-12-16(24)13-11-14)20(28-22)15-6-2-1-3-7-15/h1-13H,(H,25,26,27). The molecule has 3 aromatic carbocycles. The Balaban J connectivity index is 1.74. The summed E-state index contributed by atoms with van der Waals surface area (Å²) in [7, 11) is 0. The molecule has 3 nitrogen and oxygen atoms in total. The molecule has 0 aliphatic rings. The zero-order chi connectivity index (χ0) is 19.5. The third kappa shape index (κ3) is 4.02. The van der Waals surface area contributed by atoms with Crippen LogP contribution in [0.1, 0.15) is 10.4 Å². The van der Waals surface area contributed by atoms with Gasteiger partial charge < -0.3 is 0 Å². The summed E-state index contributed by atoms with van der Waals surface area (Å²) in [6.07, 6.45) is 0. The maximum absolute atomic E-state index is 12.7. The van der Waals surface area contributed by atoms with E-state index in [0.717, 1.165) is 26.2 Å². The van der Waals surface area contributed by atoms with Gasteiger partial charge in [-0.2, -0.15) is 0 Å². The fraction of sp³-hybridized carbons (Fsp3) is 0. The molecule has 0 saturated carbocycles. The minimum Gasteiger partial charge on any atom is -0.298 e. The van der Waals surface area contributed by atoms with Crippen LogP contribution in [0, 0.1) is 0 Å². The molecule has 1 aromatic heterocycles. The number of benzene rings is 3. The van der Waals surface area contributed by atoms with Crippen molar-refractivity contribution in [1.82, 2.24) is 4.98 Å². The van der Waals surface area contributed by atoms with E-state index in [1.807, 2.05) is 72.8 Å². The van der Waals surface area contributed by atoms with Crippen LogP contribution >= 0.6 is 38.9 Å². The lowest BCUT2D eigenvalue weighted by Gasteiger charge is -2.03. The zero-order valence-corrected chi connectivity index (χ0v) is 17.7. The summed E-state index contributed by atoms with van der Waals surface area (Å²) >= 11 is 10.9. The van der Waals surface area contributed by atoms with E-state index in [-0.39, 0.29) is 5.91 Å². The molecule has 28 heavy (non-hydrogen) atoms. The van der Waals surface area contributed by atoms with E-state index in [1.165, 1.54) is 11.3 Å². The van der Waals surface area contributed by atoms with Crippen LogP contribution < -0.4 is 5.32 Å². The van der Waals surface area contributed by atoms with Gasteiger partial charge in [-0.05, 0) is 45.8 Å². The summed E-state index contributed by atoms with van der Waals surface area (Å²) in [6.45, 7) is 0. The van der Waals surface area contributed by atoms with Crippen LogP contribution in [0.15, 0.2) is 83.3 Å². The molecule has 1 N–H and O–H groups in total. The third-order valence-corrected chi connectivity index (χ3v) is 6.08. The highest BCUT2D eigenvalue weighted by Gasteiger charge is 2.18. The minimum atomic E-state index is -0.205. The third-order valence-electron chi connectivity index (χ3n) is 4.12. The number of rotatable bonds is 4. The van der Waals surface area contributed by atoms with Gasteiger partial charge in [0.15, 0.2) is 5.13 Å². The fourth-order valence-electron chi connectivity index (χ4n) is 2.77. The first-order valence-electron chi connectivity index (χ1n) is 8.50. The molecule has 138 valence electrons. The molecule has 6 heteroatoms. The first-order valence-corrected chi connectivity index (χ1v) is 10.5. The largest absolute Gasteiger partial charge is 0.298 e. The Morgan fingerprint density at radius 1 is 0.893 bits per heavy atom. The fourth-order valence-corrected chi connectivity index (χ4v) is 4.35. The van der Waals surface area contributed by atoms with Gasteiger partial charge in [-0.3, -0.25) is 10.1 Å². The molecule has 0 bridgehead atoms. The van der Waals surface area contributed by atoms with Crippen LogP contribution in [-0.4, -0.2) is 10.9 Å². The van der Waals surface area contributed by atoms with Gasteiger partial charge in [-0.1, -0.05) is 77.5 Å². The normalized spacial score (nSPS) is 10.6. The van der Waals surface area contributed by atoms with Gasteiger partial charge in [0.05, 0.1) is 16.1 Å². The van der Waals surface area contributed by atoms with E-state index in [9.17, 15) is 4.79 Å². The molecular formula is C22H14BrClN2OS. The van der Waals surface area contributed by atoms with Gasteiger partial charge in [0.2, 0.25) is 0 Å². The van der Waals surface area contributed by atoms with Crippen molar-refractivity contribution in [1.29, 1.82) is 0 Å². The van der Waals surface area contributed by atoms with E-state index in [2.05, 4.69) is 21.2 Å². The Labute approximate surface area is 180 Å². The first-order chi connectivity index (χ1) is 13.6. The second-order valence-corrected chi connectivity index (χ2v) is 8.29. The van der Waals surface area contributed by atoms with Gasteiger partial charge in [0.1, 0.15) is 0 Å². The van der Waals surface area contributed by atoms with Crippen LogP contribution in [0.3, 0.4) is 0 Å². The molecule has 4 rings (SSSR count). The molecule has 0 spiro atoms. The number of nitrogens with one attached hydrogen (secondary N) is 1. The molecule has 0 saturated heterocycles. The Hall–Kier alpha value is -2.47. The molecule has 0 aliphatic heterocycles. The molecule has 0 atom stereocenters. The zero-order valence-electron chi connectivity index (χ0n) is 14.5. The van der Waals surface area contributed by atoms with Crippen molar-refractivity contribution in [2.24, 2.45) is 0 Å². The molecule has 1 amide bonds. The number of nitrogens with zero attached hydrogens (tertiary/aromatic N) is 1. The molecular weight excluding hydrogens is 456 g/mol. The summed E-state index contributed by atoms with van der Waals surface area (Å²) in [4.78, 5) is 18.4. The molecule has 0 unspecified atom stereocenters. The van der Waals surface area contributed by atoms with Gasteiger partial charge >= 0.3 is 0 Å². The summed E-state index contributed by atoms with van der Waals surface area (Å²) in [5.41, 5.74) is 3.37. The van der Waals surface area contributed by atoms with E-state index >= 15 is 0 Å². The lowest BCUT2D eigenvalue weighted by Crippen LogP contribution is -2.12. The number of halogens is 2. The van der Waals surface area contributed by atoms with Gasteiger partial charge in [-0.25, -0.2) is 4.98 Å². The first kappa shape index (κ1) is 18.9. The van der Waals surface area contributed by atoms with Gasteiger partial charge in [0.25, 0.3) is 5.91 Å². The van der Waals surface area contributed by atoms with Crippen molar-refractivity contribution in [3.8, 4) is 21.7 Å². The highest BCUT2D eigenvalue weighted by Crippen LogP contribution is 2.39. The molecule has 0 aliphatic carbocycles. The van der Waals surface area contributed by atoms with Crippen LogP contribution in [0.5, 0.6) is 0 Å². The van der Waals surface area contributed by atoms with Crippen molar-refractivity contribution in [3.63, 3.8) is 0 Å². The monoisotopic (exact) mass is 468 g/mol. The number of aromatic nitrogens is 1. The number of carbonyl (C=O) groups excluding carboxylic acids is 1. The smallest absolute Gasteiger partial charge is 0.258 e. The average Bonchev–Trinajstić information content (AvgIpc) is 3.13. The molecule has 0 fully saturated rings. The Morgan fingerprint density at radius 2 is 1.57 bits per heavy atom. The lowest BCUT2D eigenvalue weighted by atomic mass is 10.1. The topological polar surface area (TPSA) is 42.0 Å². The highest BCUT2D eigenvalue weighted by molar-refractivity contribution is 9.10. The van der Waals surface area contributed by atoms with Crippen LogP contribution in [0.2, 0.25) is 5.02 Å². The highest BCUT2D eigenvalue weighted by atomic mass is 79.9. The predicted octanol–water partition coefficient (Wildman–Crippen LogP) is 7.15. The summed E-state index contributed by atoms with van der Waals surface area (Å²) < 4.78 is 0.741. The van der Waals surface area contributed by atoms with Crippen molar-refractivity contribution >= 4 is 49.9 Å². The van der Waals surface area contributed by atoms with Crippen molar-refractivity contribution in [3.05, 3.63) is 93.9 Å². The molecule has 4 aromatic rings. The number of amides is 1. The number of hydrogen-bond donors (Lipinski definition) is 1. The van der Waals surface area contributed by atoms with Gasteiger partial charge in [0, 0.05) is 15.1 Å². The van der Waals surface area contributed by atoms with Crippen LogP contribution in [0.25, 0.3) is 21.7 Å². The van der Waals surface area contributed by atoms with E-state index in [4.69, 9.17) is 16.6 Å². The summed E-state index contributed by atoms with van der Waals surface area (Å²) in [5.74, 6) is -0.205. The maximum Gasteiger partial charge on any atom is 0.258 e. The van der Waals surface area contributed by atoms with Crippen molar-refractivity contribution in [2.45, 2.75) is 0 Å². The van der Waals surface area contributed by atoms with Crippen molar-refractivity contribution < 1.29 is 4.79 Å². The predicted molar refractivity (Wildman–Crippen MR) is 120 cm³/mol. The molecule has 1 heterocycles. The Bertz CT molecular complexity index is 1130. The van der Waals surface area contributed by atoms with Crippen LogP contribution in [0.4, 0.5) is 5.13 Å². The lowest BCUT2D eigenvalue weighted by molar-refractivity contribution is 0.102. The maximum atomic E-state index is 12.7. The second kappa shape index (κ2) is 8.27. The van der Waals surface area contributed by atoms with Crippen LogP contribution in [-0.2, 0) is 0 Å². The average molecular weight is 470 g/mol. The number of hydrogen-bond acceptors (Lipinski definition) is 3. The quantitative estimate of drug-likeness (QED) is 0.345. The van der Waals surface area contributed by atoms with E-state index in [1.54, 1.807) is 6.07 Å². The Kier molecular flexibility index (Phi) is 5.57. The van der Waals surface area contributed by atoms with Crippen molar-refractivity contribution in [2.75, 3.05) is 5.32 Å². The molecule has 0 radical (unpaired) electrons. The summed E-state index contributed by atoms with van der Waals surface area (Å²) in [6, 6.07) is 24.9. The summed E-state index contributed by atoms with van der Waals surface area (Å²) in [5, 5.41) is 4.14. The number of carbonyl (C=O) groups is 1. The van der Waals surface area contributed by atoms with E-state index in [0.29, 0.717) is 15.7 Å². The minimum absolute atomic E-state index is 0.205. The second-order valence-electron chi connectivity index (χ2n) is 6.00. The SMILES string of the molecule is O=C(Nc1nc(-c2ccc(Cl)cc2)c(-c2ccccc2)s1)c1ccccc1Br.